The molecule has 22 nitrogen and oxygen atoms in total. The Kier molecular flexibility index (Phi) is 8.43. The minimum Gasteiger partial charge on any atom is -0.756 e. The second-order valence-electron chi connectivity index (χ2n) is 9.50. The van der Waals surface area contributed by atoms with Crippen molar-refractivity contribution in [2.45, 2.75) is 49.1 Å². The van der Waals surface area contributed by atoms with Crippen LogP contribution in [-0.2, 0) is 27.7 Å². The van der Waals surface area contributed by atoms with Gasteiger partial charge in [0.25, 0.3) is 13.4 Å². The van der Waals surface area contributed by atoms with Crippen LogP contribution in [0, 0.1) is 5.92 Å². The summed E-state index contributed by atoms with van der Waals surface area (Å²) >= 11 is 0. The molecule has 10 unspecified atom stereocenters. The number of ether oxygens (including phenoxy) is 2. The predicted octanol–water partition coefficient (Wildman–Crippen LogP) is -4.59. The van der Waals surface area contributed by atoms with Crippen molar-refractivity contribution in [3.8, 4) is 0 Å². The van der Waals surface area contributed by atoms with Gasteiger partial charge in [-0.05, 0) is 0 Å². The lowest BCUT2D eigenvalue weighted by molar-refractivity contribution is -0.235. The minimum absolute atomic E-state index is 0.0328. The molecule has 0 radical (unpaired) electrons. The van der Waals surface area contributed by atoms with E-state index in [0.29, 0.717) is 4.57 Å². The summed E-state index contributed by atoms with van der Waals surface area (Å²) in [5.41, 5.74) is 3.96. The molecule has 236 valence electrons. The molecule has 0 aliphatic carbocycles. The largest absolute Gasteiger partial charge is 0.756 e. The van der Waals surface area contributed by atoms with Crippen molar-refractivity contribution >= 4 is 32.6 Å². The predicted molar refractivity (Wildman–Crippen MR) is 133 cm³/mol. The van der Waals surface area contributed by atoms with Crippen LogP contribution in [0.25, 0.3) is 11.2 Å². The SMILES string of the molecule is Nc1ncnc2c1ncn2C1OC(CO)C(C(OP(=O)([O-])O)C2OC(n3ccc(=O)[nH]c3=O)C(O)C2OP(=O)(O)O)C1O. The number of aromatic amines is 1. The van der Waals surface area contributed by atoms with Gasteiger partial charge in [0, 0.05) is 18.2 Å². The maximum Gasteiger partial charge on any atom is 0.470 e. The van der Waals surface area contributed by atoms with E-state index in [1.807, 2.05) is 4.98 Å². The fourth-order valence-corrected chi connectivity index (χ4v) is 6.33. The summed E-state index contributed by atoms with van der Waals surface area (Å²) in [6.07, 6.45) is -12.3. The molecule has 3 aromatic rings. The van der Waals surface area contributed by atoms with E-state index in [-0.39, 0.29) is 17.0 Å². The van der Waals surface area contributed by atoms with Crippen LogP contribution < -0.4 is 21.9 Å². The third-order valence-corrected chi connectivity index (χ3v) is 7.89. The number of fused-ring (bicyclic) bond motifs is 1. The van der Waals surface area contributed by atoms with Gasteiger partial charge in [0.2, 0.25) is 0 Å². The molecule has 2 aliphatic rings. The second kappa shape index (κ2) is 11.5. The summed E-state index contributed by atoms with van der Waals surface area (Å²) in [7, 11) is -11.3. The number of hydrogen-bond acceptors (Lipinski definition) is 16. The van der Waals surface area contributed by atoms with E-state index in [4.69, 9.17) is 19.7 Å². The number of aliphatic hydroxyl groups is 3. The Morgan fingerprint density at radius 1 is 1.09 bits per heavy atom. The third-order valence-electron chi connectivity index (χ3n) is 6.86. The van der Waals surface area contributed by atoms with Gasteiger partial charge in [-0.25, -0.2) is 24.3 Å². The van der Waals surface area contributed by atoms with Gasteiger partial charge >= 0.3 is 13.5 Å². The molecular weight excluding hydrogens is 628 g/mol. The molecule has 5 heterocycles. The number of nitrogen functional groups attached to an aromatic ring is 1. The number of phosphoric ester groups is 2. The van der Waals surface area contributed by atoms with Crippen molar-refractivity contribution in [2.75, 3.05) is 12.3 Å². The van der Waals surface area contributed by atoms with Crippen molar-refractivity contribution in [3.63, 3.8) is 0 Å². The van der Waals surface area contributed by atoms with Crippen LogP contribution in [0.1, 0.15) is 12.5 Å². The Labute approximate surface area is 237 Å². The first-order valence-electron chi connectivity index (χ1n) is 12.1. The van der Waals surface area contributed by atoms with Gasteiger partial charge in [0.1, 0.15) is 42.4 Å². The molecule has 10 atom stereocenters. The lowest BCUT2D eigenvalue weighted by Crippen LogP contribution is -2.50. The Hall–Kier alpha value is -2.95. The van der Waals surface area contributed by atoms with Crippen molar-refractivity contribution in [1.29, 1.82) is 0 Å². The molecule has 2 saturated heterocycles. The maximum absolute atomic E-state index is 12.4. The lowest BCUT2D eigenvalue weighted by atomic mass is 9.87. The van der Waals surface area contributed by atoms with Crippen molar-refractivity contribution in [1.82, 2.24) is 29.1 Å². The Morgan fingerprint density at radius 2 is 1.79 bits per heavy atom. The molecule has 2 fully saturated rings. The highest BCUT2D eigenvalue weighted by Gasteiger charge is 2.59. The first-order valence-corrected chi connectivity index (χ1v) is 15.1. The summed E-state index contributed by atoms with van der Waals surface area (Å²) < 4.78 is 46.5. The molecule has 0 amide bonds. The highest BCUT2D eigenvalue weighted by molar-refractivity contribution is 7.46. The zero-order chi connectivity index (χ0) is 31.4. The van der Waals surface area contributed by atoms with Gasteiger partial charge < -0.3 is 54.6 Å². The standard InChI is InChI=1S/C19H25N7O15P2/c20-15-9-16(22-4-21-15)26(5-23-9)17-10(29)8(6(3-27)38-17)12(40-42(32,33)34)14-13(41-43(35,36)37)11(30)18(39-14)25-2-1-7(28)24-19(25)31/h1-2,4-6,8,10-14,17-18,27,29-30H,3H2,(H2,20,21,22)(H,24,28,31)(H2,32,33,34)(H2,35,36,37)/p-1. The summed E-state index contributed by atoms with van der Waals surface area (Å²) in [6, 6.07) is 0.851. The molecule has 0 spiro atoms. The fraction of sp³-hybridized carbons (Fsp3) is 0.526. The summed E-state index contributed by atoms with van der Waals surface area (Å²) in [5.74, 6) is -1.75. The number of nitrogens with zero attached hydrogens (tertiary/aromatic N) is 5. The number of hydrogen-bond donors (Lipinski definition) is 8. The van der Waals surface area contributed by atoms with Crippen LogP contribution in [0.4, 0.5) is 5.82 Å². The average Bonchev–Trinajstić information content (AvgIpc) is 3.56. The fourth-order valence-electron chi connectivity index (χ4n) is 5.20. The zero-order valence-electron chi connectivity index (χ0n) is 21.3. The number of anilines is 1. The number of aliphatic hydroxyl groups excluding tert-OH is 3. The Bertz CT molecular complexity index is 1700. The molecule has 5 rings (SSSR count). The number of imidazole rings is 1. The molecule has 2 aliphatic heterocycles. The zero-order valence-corrected chi connectivity index (χ0v) is 23.1. The summed E-state index contributed by atoms with van der Waals surface area (Å²) in [5, 5.41) is 32.5. The van der Waals surface area contributed by atoms with Gasteiger partial charge in [-0.2, -0.15) is 0 Å². The normalized spacial score (nSPS) is 31.8. The molecule has 24 heteroatoms. The number of nitrogens with two attached hydrogens (primary N) is 1. The summed E-state index contributed by atoms with van der Waals surface area (Å²) in [4.78, 5) is 78.4. The molecule has 0 aromatic carbocycles. The van der Waals surface area contributed by atoms with Gasteiger partial charge in [0.05, 0.1) is 19.0 Å². The number of rotatable bonds is 9. The van der Waals surface area contributed by atoms with E-state index < -0.39 is 88.5 Å². The molecule has 9 N–H and O–H groups in total. The van der Waals surface area contributed by atoms with E-state index in [0.717, 1.165) is 24.9 Å². The number of phosphoric acid groups is 2. The average molecular weight is 652 g/mol. The van der Waals surface area contributed by atoms with Crippen molar-refractivity contribution < 1.29 is 62.5 Å². The van der Waals surface area contributed by atoms with E-state index in [1.54, 1.807) is 0 Å². The lowest BCUT2D eigenvalue weighted by Gasteiger charge is -2.36. The van der Waals surface area contributed by atoms with E-state index in [9.17, 15) is 53.6 Å². The van der Waals surface area contributed by atoms with E-state index >= 15 is 0 Å². The van der Waals surface area contributed by atoms with Crippen LogP contribution in [0.3, 0.4) is 0 Å². The first kappa shape index (κ1) is 31.5. The van der Waals surface area contributed by atoms with Gasteiger partial charge in [0.15, 0.2) is 23.9 Å². The van der Waals surface area contributed by atoms with Gasteiger partial charge in [-0.15, -0.1) is 0 Å². The van der Waals surface area contributed by atoms with Crippen LogP contribution >= 0.6 is 15.6 Å². The summed E-state index contributed by atoms with van der Waals surface area (Å²) in [6.45, 7) is -0.918. The van der Waals surface area contributed by atoms with Gasteiger partial charge in [-0.3, -0.25) is 28.0 Å². The quantitative estimate of drug-likeness (QED) is 0.101. The monoisotopic (exact) mass is 652 g/mol. The molecule has 3 aromatic heterocycles. The topological polar surface area (TPSA) is 340 Å². The first-order chi connectivity index (χ1) is 20.1. The highest BCUT2D eigenvalue weighted by atomic mass is 31.2. The van der Waals surface area contributed by atoms with E-state index in [2.05, 4.69) is 19.5 Å². The van der Waals surface area contributed by atoms with Crippen molar-refractivity contribution in [3.05, 3.63) is 45.8 Å². The van der Waals surface area contributed by atoms with Crippen LogP contribution in [0.5, 0.6) is 0 Å². The van der Waals surface area contributed by atoms with Crippen LogP contribution in [0.15, 0.2) is 34.5 Å². The van der Waals surface area contributed by atoms with Crippen LogP contribution in [0.2, 0.25) is 0 Å². The highest BCUT2D eigenvalue weighted by Crippen LogP contribution is 2.50. The van der Waals surface area contributed by atoms with Crippen molar-refractivity contribution in [2.24, 2.45) is 5.92 Å². The third kappa shape index (κ3) is 6.19. The van der Waals surface area contributed by atoms with Crippen LogP contribution in [-0.4, -0.2) is 102 Å². The molecule has 43 heavy (non-hydrogen) atoms. The molecule has 0 saturated carbocycles. The Balaban J connectivity index is 1.59. The minimum atomic E-state index is -5.80. The number of H-pyrrole nitrogens is 1. The second-order valence-corrected chi connectivity index (χ2v) is 11.8. The maximum atomic E-state index is 12.4. The number of aromatic nitrogens is 6. The van der Waals surface area contributed by atoms with Gasteiger partial charge in [-0.1, -0.05) is 0 Å². The smallest absolute Gasteiger partial charge is 0.470 e. The molecular formula is C19H24N7O15P2-. The Morgan fingerprint density at radius 3 is 2.42 bits per heavy atom. The number of nitrogens with one attached hydrogen (secondary N) is 1. The van der Waals surface area contributed by atoms with E-state index in [1.165, 1.54) is 4.57 Å². The molecule has 0 bridgehead atoms.